The number of hydrogen-bond donors (Lipinski definition) is 1. The first kappa shape index (κ1) is 16.9. The van der Waals surface area contributed by atoms with E-state index in [0.29, 0.717) is 22.9 Å². The molecule has 0 saturated heterocycles. The van der Waals surface area contributed by atoms with E-state index >= 15 is 0 Å². The number of aromatic nitrogens is 2. The molecule has 5 nitrogen and oxygen atoms in total. The number of nitrogens with zero attached hydrogens (tertiary/aromatic N) is 2. The summed E-state index contributed by atoms with van der Waals surface area (Å²) in [6, 6.07) is 12.7. The van der Waals surface area contributed by atoms with Crippen LogP contribution in [-0.4, -0.2) is 21.2 Å². The number of Topliss-reactive ketones (excluding diaryl/α,β-unsaturated/α-hetero) is 1. The van der Waals surface area contributed by atoms with Gasteiger partial charge in [-0.15, -0.1) is 0 Å². The molecule has 0 radical (unpaired) electrons. The first-order valence-corrected chi connectivity index (χ1v) is 8.27. The van der Waals surface area contributed by atoms with Crippen molar-refractivity contribution < 1.29 is 9.59 Å². The molecule has 0 aliphatic heterocycles. The van der Waals surface area contributed by atoms with Gasteiger partial charge >= 0.3 is 0 Å². The smallest absolute Gasteiger partial charge is 0.255 e. The third-order valence-corrected chi connectivity index (χ3v) is 4.19. The molecule has 0 atom stereocenters. The van der Waals surface area contributed by atoms with Gasteiger partial charge in [0, 0.05) is 22.9 Å². The molecule has 2 aromatic carbocycles. The summed E-state index contributed by atoms with van der Waals surface area (Å²) in [6.07, 6.45) is 0. The number of aryl methyl sites for hydroxylation is 1. The molecule has 1 N–H and O–H groups in total. The number of benzene rings is 2. The molecule has 1 heterocycles. The monoisotopic (exact) mass is 335 g/mol. The van der Waals surface area contributed by atoms with Crippen LogP contribution in [0.3, 0.4) is 0 Å². The van der Waals surface area contributed by atoms with Gasteiger partial charge in [-0.2, -0.15) is 0 Å². The van der Waals surface area contributed by atoms with E-state index in [1.165, 1.54) is 6.92 Å². The van der Waals surface area contributed by atoms with Crippen molar-refractivity contribution in [3.8, 4) is 0 Å². The lowest BCUT2D eigenvalue weighted by atomic mass is 10.1. The quantitative estimate of drug-likeness (QED) is 0.720. The van der Waals surface area contributed by atoms with E-state index in [1.54, 1.807) is 30.3 Å². The first-order chi connectivity index (χ1) is 11.9. The van der Waals surface area contributed by atoms with Crippen LogP contribution in [0.5, 0.6) is 0 Å². The lowest BCUT2D eigenvalue weighted by molar-refractivity contribution is 0.101. The summed E-state index contributed by atoms with van der Waals surface area (Å²) in [7, 11) is 0. The van der Waals surface area contributed by atoms with Crippen LogP contribution in [0.4, 0.5) is 5.69 Å². The van der Waals surface area contributed by atoms with Crippen molar-refractivity contribution in [1.29, 1.82) is 0 Å². The summed E-state index contributed by atoms with van der Waals surface area (Å²) < 4.78 is 2.15. The number of anilines is 1. The SMILES string of the molecule is CC(=O)c1ccc(NC(=O)c2ccc3c(c2)nc(C)n3C(C)C)cc1. The van der Waals surface area contributed by atoms with Crippen molar-refractivity contribution in [3.05, 3.63) is 59.4 Å². The fourth-order valence-corrected chi connectivity index (χ4v) is 3.00. The third-order valence-electron chi connectivity index (χ3n) is 4.19. The second-order valence-electron chi connectivity index (χ2n) is 6.41. The van der Waals surface area contributed by atoms with E-state index in [1.807, 2.05) is 19.1 Å². The molecule has 0 bridgehead atoms. The van der Waals surface area contributed by atoms with Crippen LogP contribution in [0.15, 0.2) is 42.5 Å². The molecule has 0 spiro atoms. The molecule has 3 rings (SSSR count). The van der Waals surface area contributed by atoms with Crippen LogP contribution in [0.1, 0.15) is 53.4 Å². The zero-order chi connectivity index (χ0) is 18.1. The topological polar surface area (TPSA) is 64.0 Å². The van der Waals surface area contributed by atoms with Gasteiger partial charge in [-0.25, -0.2) is 4.98 Å². The number of nitrogens with one attached hydrogen (secondary N) is 1. The van der Waals surface area contributed by atoms with Crippen molar-refractivity contribution >= 4 is 28.4 Å². The van der Waals surface area contributed by atoms with Crippen molar-refractivity contribution in [1.82, 2.24) is 9.55 Å². The van der Waals surface area contributed by atoms with Crippen molar-refractivity contribution in [3.63, 3.8) is 0 Å². The largest absolute Gasteiger partial charge is 0.326 e. The normalized spacial score (nSPS) is 11.1. The minimum absolute atomic E-state index is 0.000521. The molecular formula is C20H21N3O2. The minimum Gasteiger partial charge on any atom is -0.326 e. The molecule has 0 unspecified atom stereocenters. The van der Waals surface area contributed by atoms with Crippen LogP contribution < -0.4 is 5.32 Å². The molecule has 1 amide bonds. The highest BCUT2D eigenvalue weighted by Crippen LogP contribution is 2.22. The zero-order valence-corrected chi connectivity index (χ0v) is 14.8. The lowest BCUT2D eigenvalue weighted by Gasteiger charge is -2.11. The van der Waals surface area contributed by atoms with Gasteiger partial charge in [-0.3, -0.25) is 9.59 Å². The summed E-state index contributed by atoms with van der Waals surface area (Å²) in [4.78, 5) is 28.4. The Kier molecular flexibility index (Phi) is 4.40. The molecule has 0 aliphatic carbocycles. The molecule has 0 fully saturated rings. The van der Waals surface area contributed by atoms with Crippen LogP contribution in [0.25, 0.3) is 11.0 Å². The Morgan fingerprint density at radius 1 is 1.04 bits per heavy atom. The highest BCUT2D eigenvalue weighted by atomic mass is 16.1. The average Bonchev–Trinajstić information content (AvgIpc) is 2.90. The summed E-state index contributed by atoms with van der Waals surface area (Å²) in [6.45, 7) is 7.70. The fourth-order valence-electron chi connectivity index (χ4n) is 3.00. The number of hydrogen-bond acceptors (Lipinski definition) is 3. The highest BCUT2D eigenvalue weighted by molar-refractivity contribution is 6.06. The van der Waals surface area contributed by atoms with Crippen molar-refractivity contribution in [2.45, 2.75) is 33.7 Å². The number of fused-ring (bicyclic) bond motifs is 1. The predicted octanol–water partition coefficient (Wildman–Crippen LogP) is 4.38. The van der Waals surface area contributed by atoms with Crippen LogP contribution in [-0.2, 0) is 0 Å². The molecular weight excluding hydrogens is 314 g/mol. The standard InChI is InChI=1S/C20H21N3O2/c1-12(2)23-14(4)21-18-11-16(7-10-19(18)23)20(25)22-17-8-5-15(6-9-17)13(3)24/h5-12H,1-4H3,(H,22,25). The van der Waals surface area contributed by atoms with E-state index in [4.69, 9.17) is 0 Å². The fraction of sp³-hybridized carbons (Fsp3) is 0.250. The number of carbonyl (C=O) groups excluding carboxylic acids is 2. The maximum absolute atomic E-state index is 12.5. The van der Waals surface area contributed by atoms with Crippen LogP contribution in [0, 0.1) is 6.92 Å². The Hall–Kier alpha value is -2.95. The zero-order valence-electron chi connectivity index (χ0n) is 14.8. The van der Waals surface area contributed by atoms with E-state index < -0.39 is 0 Å². The molecule has 3 aromatic rings. The Morgan fingerprint density at radius 3 is 2.28 bits per heavy atom. The minimum atomic E-state index is -0.200. The molecule has 1 aromatic heterocycles. The van der Waals surface area contributed by atoms with E-state index in [2.05, 4.69) is 28.7 Å². The Balaban J connectivity index is 1.86. The Bertz CT molecular complexity index is 953. The van der Waals surface area contributed by atoms with E-state index in [-0.39, 0.29) is 11.7 Å². The second kappa shape index (κ2) is 6.51. The maximum atomic E-state index is 12.5. The van der Waals surface area contributed by atoms with Gasteiger partial charge in [0.05, 0.1) is 11.0 Å². The van der Waals surface area contributed by atoms with Gasteiger partial charge in [-0.1, -0.05) is 0 Å². The van der Waals surface area contributed by atoms with Gasteiger partial charge < -0.3 is 9.88 Å². The molecule has 128 valence electrons. The maximum Gasteiger partial charge on any atom is 0.255 e. The molecule has 0 aliphatic rings. The van der Waals surface area contributed by atoms with Crippen molar-refractivity contribution in [2.75, 3.05) is 5.32 Å². The number of ketones is 1. The van der Waals surface area contributed by atoms with Crippen LogP contribution >= 0.6 is 0 Å². The van der Waals surface area contributed by atoms with Crippen LogP contribution in [0.2, 0.25) is 0 Å². The number of carbonyl (C=O) groups is 2. The Morgan fingerprint density at radius 2 is 1.68 bits per heavy atom. The van der Waals surface area contributed by atoms with Gasteiger partial charge in [0.25, 0.3) is 5.91 Å². The summed E-state index contributed by atoms with van der Waals surface area (Å²) in [5.74, 6) is 0.732. The highest BCUT2D eigenvalue weighted by Gasteiger charge is 2.13. The summed E-state index contributed by atoms with van der Waals surface area (Å²) >= 11 is 0. The molecule has 5 heteroatoms. The predicted molar refractivity (Wildman–Crippen MR) is 99.3 cm³/mol. The van der Waals surface area contributed by atoms with Gasteiger partial charge in [0.1, 0.15) is 5.82 Å². The van der Waals surface area contributed by atoms with Gasteiger partial charge in [-0.05, 0) is 70.2 Å². The van der Waals surface area contributed by atoms with Crippen molar-refractivity contribution in [2.24, 2.45) is 0 Å². The molecule has 25 heavy (non-hydrogen) atoms. The third kappa shape index (κ3) is 3.31. The lowest BCUT2D eigenvalue weighted by Crippen LogP contribution is -2.12. The van der Waals surface area contributed by atoms with E-state index in [9.17, 15) is 9.59 Å². The number of amides is 1. The first-order valence-electron chi connectivity index (χ1n) is 8.27. The molecule has 0 saturated carbocycles. The van der Waals surface area contributed by atoms with Gasteiger partial charge in [0.2, 0.25) is 0 Å². The Labute approximate surface area is 146 Å². The summed E-state index contributed by atoms with van der Waals surface area (Å²) in [5, 5.41) is 2.85. The average molecular weight is 335 g/mol. The number of imidazole rings is 1. The number of rotatable bonds is 4. The summed E-state index contributed by atoms with van der Waals surface area (Å²) in [5.41, 5.74) is 3.66. The van der Waals surface area contributed by atoms with E-state index in [0.717, 1.165) is 16.9 Å². The van der Waals surface area contributed by atoms with Gasteiger partial charge in [0.15, 0.2) is 5.78 Å². The second-order valence-corrected chi connectivity index (χ2v) is 6.41.